The summed E-state index contributed by atoms with van der Waals surface area (Å²) >= 11 is 0. The number of hydrogen-bond donors (Lipinski definition) is 2. The van der Waals surface area contributed by atoms with Crippen LogP contribution >= 0.6 is 0 Å². The molecule has 0 aliphatic heterocycles. The van der Waals surface area contributed by atoms with Crippen molar-refractivity contribution >= 4 is 17.4 Å². The number of carboxylic acid groups (broad SMARTS) is 1. The number of hydrogen-bond acceptors (Lipinski definition) is 3. The van der Waals surface area contributed by atoms with Gasteiger partial charge in [0, 0.05) is 18.9 Å². The molecule has 0 spiro atoms. The monoisotopic (exact) mass is 608 g/mol. The van der Waals surface area contributed by atoms with Crippen molar-refractivity contribution in [3.8, 4) is 0 Å². The fraction of sp³-hybridized carbons (Fsp3) is 0.625. The second-order valence-corrected chi connectivity index (χ2v) is 16.8. The Bertz CT molecular complexity index is 1510. The summed E-state index contributed by atoms with van der Waals surface area (Å²) in [5.74, 6) is 1.75. The van der Waals surface area contributed by atoms with Crippen LogP contribution in [-0.4, -0.2) is 22.0 Å². The van der Waals surface area contributed by atoms with E-state index in [-0.39, 0.29) is 27.1 Å². The van der Waals surface area contributed by atoms with E-state index < -0.39 is 5.97 Å². The molecule has 1 heterocycles. The quantitative estimate of drug-likeness (QED) is 0.355. The second kappa shape index (κ2) is 10.5. The van der Waals surface area contributed by atoms with E-state index in [1.54, 1.807) is 18.3 Å². The number of fused-ring (bicyclic) bond motifs is 7. The van der Waals surface area contributed by atoms with Crippen molar-refractivity contribution in [2.45, 2.75) is 105 Å². The topological polar surface area (TPSA) is 79.3 Å². The van der Waals surface area contributed by atoms with Crippen molar-refractivity contribution < 1.29 is 14.7 Å². The lowest BCUT2D eigenvalue weighted by Gasteiger charge is -2.72. The van der Waals surface area contributed by atoms with Crippen molar-refractivity contribution in [1.82, 2.24) is 10.3 Å². The standard InChI is InChI=1S/C40H52N2O3/c1-36(2)29(27-10-12-28(13-11-27)34(43)44)16-19-37(3)32(36)17-20-39(5)33(37)15-14-30-31-9-6-18-40(31,22-21-38(30,39)4)35(45)42-25-26-8-7-23-41-24-26/h7-8,10-13,16,23-24,30-33H,6,9,14-15,17-22,25H2,1-5H3,(H,42,45)(H,43,44)/t30-,31-,32+,33-,37+,38-,39-,40+/m1/s1. The third-order valence-electron chi connectivity index (χ3n) is 15.0. The maximum Gasteiger partial charge on any atom is 0.335 e. The number of carbonyl (C=O) groups excluding carboxylic acids is 1. The maximum atomic E-state index is 14.1. The molecule has 4 fully saturated rings. The summed E-state index contributed by atoms with van der Waals surface area (Å²) in [6.45, 7) is 13.4. The van der Waals surface area contributed by atoms with Gasteiger partial charge in [0.2, 0.25) is 5.91 Å². The summed E-state index contributed by atoms with van der Waals surface area (Å²) < 4.78 is 0. The molecular formula is C40H52N2O3. The van der Waals surface area contributed by atoms with E-state index in [0.717, 1.165) is 31.2 Å². The van der Waals surface area contributed by atoms with Crippen LogP contribution in [0.25, 0.3) is 5.57 Å². The molecule has 45 heavy (non-hydrogen) atoms. The molecule has 5 aliphatic rings. The molecule has 1 amide bonds. The van der Waals surface area contributed by atoms with Crippen LogP contribution in [0.3, 0.4) is 0 Å². The highest BCUT2D eigenvalue weighted by atomic mass is 16.4. The first-order valence-electron chi connectivity index (χ1n) is 17.6. The van der Waals surface area contributed by atoms with E-state index in [0.29, 0.717) is 41.7 Å². The normalized spacial score (nSPS) is 39.8. The molecule has 0 saturated heterocycles. The zero-order chi connectivity index (χ0) is 31.8. The Balaban J connectivity index is 1.16. The zero-order valence-electron chi connectivity index (χ0n) is 28.0. The fourth-order valence-electron chi connectivity index (χ4n) is 12.7. The molecule has 5 heteroatoms. The van der Waals surface area contributed by atoms with Gasteiger partial charge < -0.3 is 10.4 Å². The van der Waals surface area contributed by atoms with Gasteiger partial charge >= 0.3 is 5.97 Å². The Hall–Kier alpha value is -2.95. The summed E-state index contributed by atoms with van der Waals surface area (Å²) in [5, 5.41) is 12.8. The van der Waals surface area contributed by atoms with Gasteiger partial charge in [0.25, 0.3) is 0 Å². The van der Waals surface area contributed by atoms with Crippen molar-refractivity contribution in [3.63, 3.8) is 0 Å². The van der Waals surface area contributed by atoms with Crippen molar-refractivity contribution in [2.75, 3.05) is 0 Å². The minimum Gasteiger partial charge on any atom is -0.478 e. The predicted octanol–water partition coefficient (Wildman–Crippen LogP) is 8.94. The number of amides is 1. The largest absolute Gasteiger partial charge is 0.478 e. The van der Waals surface area contributed by atoms with Crippen LogP contribution in [-0.2, 0) is 11.3 Å². The molecule has 2 N–H and O–H groups in total. The molecule has 5 nitrogen and oxygen atoms in total. The highest BCUT2D eigenvalue weighted by molar-refractivity contribution is 5.88. The number of rotatable bonds is 5. The van der Waals surface area contributed by atoms with Gasteiger partial charge in [0.15, 0.2) is 0 Å². The molecule has 240 valence electrons. The number of pyridine rings is 1. The number of nitrogens with zero attached hydrogens (tertiary/aromatic N) is 1. The average Bonchev–Trinajstić information content (AvgIpc) is 3.46. The van der Waals surface area contributed by atoms with Crippen LogP contribution in [0, 0.1) is 50.7 Å². The van der Waals surface area contributed by atoms with Crippen molar-refractivity contribution in [3.05, 3.63) is 71.6 Å². The van der Waals surface area contributed by atoms with Crippen LogP contribution in [0.5, 0.6) is 0 Å². The third-order valence-corrected chi connectivity index (χ3v) is 15.0. The minimum atomic E-state index is -0.871. The number of aromatic carboxylic acids is 1. The van der Waals surface area contributed by atoms with Crippen LogP contribution < -0.4 is 5.32 Å². The van der Waals surface area contributed by atoms with Gasteiger partial charge in [0.05, 0.1) is 11.0 Å². The molecule has 1 aromatic carbocycles. The molecule has 5 aliphatic carbocycles. The summed E-state index contributed by atoms with van der Waals surface area (Å²) in [6.07, 6.45) is 17.8. The van der Waals surface area contributed by atoms with E-state index in [2.05, 4.69) is 51.0 Å². The van der Waals surface area contributed by atoms with E-state index in [1.165, 1.54) is 49.7 Å². The fourth-order valence-corrected chi connectivity index (χ4v) is 12.7. The van der Waals surface area contributed by atoms with Crippen molar-refractivity contribution in [1.29, 1.82) is 0 Å². The molecule has 1 aromatic heterocycles. The van der Waals surface area contributed by atoms with Gasteiger partial charge in [-0.05, 0) is 138 Å². The molecule has 2 aromatic rings. The smallest absolute Gasteiger partial charge is 0.335 e. The van der Waals surface area contributed by atoms with E-state index >= 15 is 0 Å². The van der Waals surface area contributed by atoms with Crippen LogP contribution in [0.15, 0.2) is 54.9 Å². The van der Waals surface area contributed by atoms with E-state index in [9.17, 15) is 14.7 Å². The number of benzene rings is 1. The summed E-state index contributed by atoms with van der Waals surface area (Å²) in [7, 11) is 0. The number of aromatic nitrogens is 1. The minimum absolute atomic E-state index is 0.0103. The lowest BCUT2D eigenvalue weighted by atomic mass is 9.32. The van der Waals surface area contributed by atoms with Gasteiger partial charge in [-0.15, -0.1) is 0 Å². The van der Waals surface area contributed by atoms with Crippen molar-refractivity contribution in [2.24, 2.45) is 50.7 Å². The molecule has 4 saturated carbocycles. The number of nitrogens with one attached hydrogen (secondary N) is 1. The SMILES string of the molecule is CC1(C)C(c2ccc(C(=O)O)cc2)=CC[C@]2(C)[C@H]3CC[C@@H]4[C@H]5CCC[C@]5(C(=O)NCc5cccnc5)CC[C@@]4(C)[C@]3(C)CC[C@@H]12. The van der Waals surface area contributed by atoms with Gasteiger partial charge in [-0.25, -0.2) is 4.79 Å². The van der Waals surface area contributed by atoms with Crippen LogP contribution in [0.2, 0.25) is 0 Å². The average molecular weight is 609 g/mol. The van der Waals surface area contributed by atoms with Gasteiger partial charge in [-0.3, -0.25) is 9.78 Å². The predicted molar refractivity (Wildman–Crippen MR) is 178 cm³/mol. The molecule has 8 atom stereocenters. The van der Waals surface area contributed by atoms with E-state index in [1.807, 2.05) is 30.5 Å². The Morgan fingerprint density at radius 1 is 0.867 bits per heavy atom. The van der Waals surface area contributed by atoms with Crippen LogP contribution in [0.4, 0.5) is 0 Å². The molecule has 0 radical (unpaired) electrons. The number of carboxylic acids is 1. The highest BCUT2D eigenvalue weighted by Crippen LogP contribution is 2.77. The highest BCUT2D eigenvalue weighted by Gasteiger charge is 2.70. The number of allylic oxidation sites excluding steroid dienone is 2. The van der Waals surface area contributed by atoms with Crippen LogP contribution in [0.1, 0.15) is 120 Å². The lowest BCUT2D eigenvalue weighted by molar-refractivity contribution is -0.222. The first kappa shape index (κ1) is 30.7. The van der Waals surface area contributed by atoms with Gasteiger partial charge in [-0.1, -0.05) is 65.3 Å². The van der Waals surface area contributed by atoms with Gasteiger partial charge in [-0.2, -0.15) is 0 Å². The third kappa shape index (κ3) is 4.34. The van der Waals surface area contributed by atoms with E-state index in [4.69, 9.17) is 0 Å². The summed E-state index contributed by atoms with van der Waals surface area (Å²) in [6, 6.07) is 11.5. The number of carbonyl (C=O) groups is 2. The molecule has 7 rings (SSSR count). The lowest BCUT2D eigenvalue weighted by Crippen LogP contribution is -2.65. The van der Waals surface area contributed by atoms with Gasteiger partial charge in [0.1, 0.15) is 0 Å². The summed E-state index contributed by atoms with van der Waals surface area (Å²) in [5.41, 5.74) is 4.49. The first-order chi connectivity index (χ1) is 21.4. The Morgan fingerprint density at radius 3 is 2.36 bits per heavy atom. The maximum absolute atomic E-state index is 14.1. The molecule has 0 bridgehead atoms. The Morgan fingerprint density at radius 2 is 1.64 bits per heavy atom. The Labute approximate surface area is 269 Å². The molecular weight excluding hydrogens is 556 g/mol. The zero-order valence-corrected chi connectivity index (χ0v) is 28.0. The Kier molecular flexibility index (Phi) is 7.19. The molecule has 0 unspecified atom stereocenters. The summed E-state index contributed by atoms with van der Waals surface area (Å²) in [4.78, 5) is 29.8. The second-order valence-electron chi connectivity index (χ2n) is 16.8. The first-order valence-corrected chi connectivity index (χ1v) is 17.6.